The molecule has 0 radical (unpaired) electrons. The minimum absolute atomic E-state index is 0.120. The molecule has 0 saturated carbocycles. The Bertz CT molecular complexity index is 735. The molecule has 0 aliphatic carbocycles. The van der Waals surface area contributed by atoms with E-state index in [0.29, 0.717) is 46.6 Å². The second-order valence-electron chi connectivity index (χ2n) is 5.69. The lowest BCUT2D eigenvalue weighted by molar-refractivity contribution is -0.126. The molecule has 128 valence electrons. The van der Waals surface area contributed by atoms with E-state index in [1.807, 2.05) is 0 Å². The zero-order valence-electron chi connectivity index (χ0n) is 13.3. The van der Waals surface area contributed by atoms with Crippen LogP contribution in [0.15, 0.2) is 29.5 Å². The van der Waals surface area contributed by atoms with Gasteiger partial charge in [-0.05, 0) is 17.7 Å². The van der Waals surface area contributed by atoms with Gasteiger partial charge in [-0.2, -0.15) is 0 Å². The molecule has 3 amide bonds. The van der Waals surface area contributed by atoms with Crippen molar-refractivity contribution in [2.45, 2.75) is 6.04 Å². The number of methoxy groups -OCH3 is 1. The fourth-order valence-electron chi connectivity index (χ4n) is 2.97. The van der Waals surface area contributed by atoms with Crippen molar-refractivity contribution in [2.75, 3.05) is 33.9 Å². The Morgan fingerprint density at radius 3 is 2.75 bits per heavy atom. The monoisotopic (exact) mass is 369 g/mol. The number of urea groups is 1. The summed E-state index contributed by atoms with van der Waals surface area (Å²) < 4.78 is 5.05. The van der Waals surface area contributed by atoms with E-state index in [0.717, 1.165) is 0 Å². The molecular formula is C16H17Cl2N3O3. The minimum atomic E-state index is -0.589. The van der Waals surface area contributed by atoms with Gasteiger partial charge in [0, 0.05) is 30.7 Å². The predicted octanol–water partition coefficient (Wildman–Crippen LogP) is 2.43. The van der Waals surface area contributed by atoms with E-state index >= 15 is 0 Å². The topological polar surface area (TPSA) is 61.9 Å². The van der Waals surface area contributed by atoms with Crippen LogP contribution in [-0.4, -0.2) is 55.6 Å². The maximum atomic E-state index is 12.8. The van der Waals surface area contributed by atoms with Gasteiger partial charge in [-0.3, -0.25) is 9.69 Å². The number of carbonyl (C=O) groups excluding carboxylic acids is 2. The number of carbonyl (C=O) groups is 2. The zero-order chi connectivity index (χ0) is 17.4. The van der Waals surface area contributed by atoms with Crippen LogP contribution in [0, 0.1) is 0 Å². The quantitative estimate of drug-likeness (QED) is 0.886. The Morgan fingerprint density at radius 2 is 2.08 bits per heavy atom. The van der Waals surface area contributed by atoms with Crippen molar-refractivity contribution in [1.82, 2.24) is 15.1 Å². The Morgan fingerprint density at radius 1 is 1.33 bits per heavy atom. The minimum Gasteiger partial charge on any atom is -0.383 e. The molecule has 1 aromatic rings. The Hall–Kier alpha value is -1.76. The van der Waals surface area contributed by atoms with Crippen molar-refractivity contribution in [3.05, 3.63) is 45.1 Å². The second-order valence-corrected chi connectivity index (χ2v) is 6.53. The number of likely N-dealkylation sites (N-methyl/N-ethyl adjacent to an activating group) is 1. The molecule has 2 aliphatic rings. The van der Waals surface area contributed by atoms with Gasteiger partial charge in [0.1, 0.15) is 0 Å². The molecule has 8 heteroatoms. The summed E-state index contributed by atoms with van der Waals surface area (Å²) in [7, 11) is 3.23. The fourth-order valence-corrected chi connectivity index (χ4v) is 3.49. The summed E-state index contributed by atoms with van der Waals surface area (Å²) in [5.74, 6) is -0.120. The lowest BCUT2D eigenvalue weighted by Gasteiger charge is -2.31. The van der Waals surface area contributed by atoms with Gasteiger partial charge in [0.25, 0.3) is 5.91 Å². The van der Waals surface area contributed by atoms with Crippen molar-refractivity contribution >= 4 is 35.1 Å². The van der Waals surface area contributed by atoms with E-state index in [4.69, 9.17) is 27.9 Å². The third kappa shape index (κ3) is 2.85. The third-order valence-electron chi connectivity index (χ3n) is 4.27. The van der Waals surface area contributed by atoms with Crippen molar-refractivity contribution in [3.63, 3.8) is 0 Å². The molecule has 1 atom stereocenters. The maximum Gasteiger partial charge on any atom is 0.322 e. The van der Waals surface area contributed by atoms with Crippen LogP contribution >= 0.6 is 23.2 Å². The summed E-state index contributed by atoms with van der Waals surface area (Å²) in [5.41, 5.74) is 1.88. The van der Waals surface area contributed by atoms with Gasteiger partial charge >= 0.3 is 6.03 Å². The van der Waals surface area contributed by atoms with E-state index in [-0.39, 0.29) is 11.9 Å². The highest BCUT2D eigenvalue weighted by molar-refractivity contribution is 6.35. The molecule has 1 aromatic carbocycles. The smallest absolute Gasteiger partial charge is 0.322 e. The van der Waals surface area contributed by atoms with Crippen LogP contribution in [0.25, 0.3) is 0 Å². The predicted molar refractivity (Wildman–Crippen MR) is 91.0 cm³/mol. The summed E-state index contributed by atoms with van der Waals surface area (Å²) in [6.45, 7) is 1.28. The highest BCUT2D eigenvalue weighted by Crippen LogP contribution is 2.38. The first-order valence-electron chi connectivity index (χ1n) is 7.44. The number of nitrogens with one attached hydrogen (secondary N) is 1. The molecule has 0 aromatic heterocycles. The van der Waals surface area contributed by atoms with E-state index < -0.39 is 6.04 Å². The molecule has 2 aliphatic heterocycles. The van der Waals surface area contributed by atoms with Crippen molar-refractivity contribution in [2.24, 2.45) is 0 Å². The SMILES string of the molecule is COCCN1CC2=C(C1=O)[C@@H](c1ccc(Cl)cc1Cl)NC(=O)N2C. The average Bonchev–Trinajstić information content (AvgIpc) is 2.87. The van der Waals surface area contributed by atoms with Crippen LogP contribution in [0.5, 0.6) is 0 Å². The van der Waals surface area contributed by atoms with Crippen LogP contribution in [0.2, 0.25) is 10.0 Å². The summed E-state index contributed by atoms with van der Waals surface area (Å²) in [6, 6.07) is 4.16. The summed E-state index contributed by atoms with van der Waals surface area (Å²) in [4.78, 5) is 28.2. The van der Waals surface area contributed by atoms with Gasteiger partial charge in [0.15, 0.2) is 0 Å². The Balaban J connectivity index is 2.01. The van der Waals surface area contributed by atoms with E-state index in [1.165, 1.54) is 4.90 Å². The number of amides is 3. The maximum absolute atomic E-state index is 12.8. The molecule has 0 spiro atoms. The molecule has 0 bridgehead atoms. The number of ether oxygens (including phenoxy) is 1. The van der Waals surface area contributed by atoms with Gasteiger partial charge in [-0.1, -0.05) is 29.3 Å². The van der Waals surface area contributed by atoms with Gasteiger partial charge in [0.2, 0.25) is 0 Å². The van der Waals surface area contributed by atoms with E-state index in [9.17, 15) is 9.59 Å². The number of hydrogen-bond acceptors (Lipinski definition) is 3. The van der Waals surface area contributed by atoms with Gasteiger partial charge in [-0.25, -0.2) is 4.79 Å². The number of rotatable bonds is 4. The molecule has 2 heterocycles. The number of benzene rings is 1. The second kappa shape index (κ2) is 6.63. The van der Waals surface area contributed by atoms with Crippen molar-refractivity contribution in [1.29, 1.82) is 0 Å². The molecule has 24 heavy (non-hydrogen) atoms. The van der Waals surface area contributed by atoms with Crippen LogP contribution in [0.3, 0.4) is 0 Å². The Labute approximate surface area is 149 Å². The zero-order valence-corrected chi connectivity index (χ0v) is 14.8. The molecule has 3 rings (SSSR count). The molecule has 6 nitrogen and oxygen atoms in total. The van der Waals surface area contributed by atoms with Gasteiger partial charge in [-0.15, -0.1) is 0 Å². The summed E-state index contributed by atoms with van der Waals surface area (Å²) in [6.07, 6.45) is 0. The molecule has 0 unspecified atom stereocenters. The molecule has 0 saturated heterocycles. The van der Waals surface area contributed by atoms with Crippen LogP contribution in [0.1, 0.15) is 11.6 Å². The highest BCUT2D eigenvalue weighted by Gasteiger charge is 2.43. The third-order valence-corrected chi connectivity index (χ3v) is 4.84. The standard InChI is InChI=1S/C16H17Cl2N3O3/c1-20-12-8-21(5-6-24-2)15(22)13(12)14(19-16(20)23)10-4-3-9(17)7-11(10)18/h3-4,7,14H,5-6,8H2,1-2H3,(H,19,23)/t14-/m1/s1. The van der Waals surface area contributed by atoms with Crippen molar-refractivity contribution in [3.8, 4) is 0 Å². The number of nitrogens with zero attached hydrogens (tertiary/aromatic N) is 2. The Kier molecular flexibility index (Phi) is 4.71. The van der Waals surface area contributed by atoms with Gasteiger partial charge < -0.3 is 15.0 Å². The van der Waals surface area contributed by atoms with Crippen LogP contribution in [-0.2, 0) is 9.53 Å². The van der Waals surface area contributed by atoms with E-state index in [2.05, 4.69) is 5.32 Å². The molecular weight excluding hydrogens is 353 g/mol. The average molecular weight is 370 g/mol. The van der Waals surface area contributed by atoms with Crippen LogP contribution < -0.4 is 5.32 Å². The largest absolute Gasteiger partial charge is 0.383 e. The first-order valence-corrected chi connectivity index (χ1v) is 8.20. The molecule has 0 fully saturated rings. The number of hydrogen-bond donors (Lipinski definition) is 1. The highest BCUT2D eigenvalue weighted by atomic mass is 35.5. The normalized spacial score (nSPS) is 20.6. The summed E-state index contributed by atoms with van der Waals surface area (Å²) in [5, 5.41) is 3.75. The summed E-state index contributed by atoms with van der Waals surface area (Å²) >= 11 is 12.2. The lowest BCUT2D eigenvalue weighted by atomic mass is 9.95. The van der Waals surface area contributed by atoms with Gasteiger partial charge in [0.05, 0.1) is 30.5 Å². The first kappa shape index (κ1) is 17.1. The van der Waals surface area contributed by atoms with Crippen LogP contribution in [0.4, 0.5) is 4.79 Å². The van der Waals surface area contributed by atoms with E-state index in [1.54, 1.807) is 37.3 Å². The first-order chi connectivity index (χ1) is 11.4. The van der Waals surface area contributed by atoms with Crippen molar-refractivity contribution < 1.29 is 14.3 Å². The molecule has 1 N–H and O–H groups in total. The lowest BCUT2D eigenvalue weighted by Crippen LogP contribution is -2.45. The fraction of sp³-hybridized carbons (Fsp3) is 0.375. The number of halogens is 2.